The predicted octanol–water partition coefficient (Wildman–Crippen LogP) is 23.9. The van der Waals surface area contributed by atoms with Crippen LogP contribution in [0.15, 0.2) is 122 Å². The van der Waals surface area contributed by atoms with Gasteiger partial charge in [0.25, 0.3) is 0 Å². The van der Waals surface area contributed by atoms with Gasteiger partial charge in [-0.3, -0.25) is 14.4 Å². The molecule has 6 nitrogen and oxygen atoms in total. The minimum atomic E-state index is -0.790. The van der Waals surface area contributed by atoms with E-state index in [1.54, 1.807) is 0 Å². The smallest absolute Gasteiger partial charge is 0.306 e. The Hall–Kier alpha value is -4.19. The van der Waals surface area contributed by atoms with Crippen molar-refractivity contribution in [2.45, 2.75) is 329 Å². The van der Waals surface area contributed by atoms with E-state index in [9.17, 15) is 14.4 Å². The first kappa shape index (κ1) is 77.8. The zero-order valence-electron chi connectivity index (χ0n) is 53.7. The summed E-state index contributed by atoms with van der Waals surface area (Å²) in [5, 5.41) is 0. The van der Waals surface area contributed by atoms with E-state index in [1.165, 1.54) is 148 Å². The molecule has 0 heterocycles. The zero-order chi connectivity index (χ0) is 59.2. The second-order valence-electron chi connectivity index (χ2n) is 22.7. The van der Waals surface area contributed by atoms with Crippen LogP contribution in [0.2, 0.25) is 0 Å². The quantitative estimate of drug-likeness (QED) is 0.0261. The molecule has 468 valence electrons. The van der Waals surface area contributed by atoms with Crippen LogP contribution in [0.4, 0.5) is 0 Å². The molecule has 0 bridgehead atoms. The normalized spacial score (nSPS) is 12.9. The molecule has 1 atom stereocenters. The van der Waals surface area contributed by atoms with E-state index in [0.29, 0.717) is 19.3 Å². The average Bonchev–Trinajstić information content (AvgIpc) is 3.47. The van der Waals surface area contributed by atoms with Gasteiger partial charge in [-0.2, -0.15) is 0 Å². The summed E-state index contributed by atoms with van der Waals surface area (Å²) in [6.07, 6.45) is 96.4. The first-order chi connectivity index (χ1) is 40.5. The molecule has 0 rings (SSSR count). The molecule has 0 aliphatic heterocycles. The SMILES string of the molecule is CC/C=C\C/C=C\C/C=C\C/C=C\C/C=C\C/C=C\C/C=C\C/C=C\C/C=C\CCCCCCCC(=O)OCC(COC(=O)CCCCCCCCCCCCCCCC)OC(=O)CCCCCCCCC/C=C\CCCCCCCC. The molecule has 0 saturated heterocycles. The van der Waals surface area contributed by atoms with Gasteiger partial charge >= 0.3 is 17.9 Å². The van der Waals surface area contributed by atoms with Gasteiger partial charge in [0, 0.05) is 19.3 Å². The van der Waals surface area contributed by atoms with Crippen molar-refractivity contribution in [3.05, 3.63) is 122 Å². The standard InChI is InChI=1S/C76H128O6/c1-4-7-10-13-16-19-22-25-28-30-31-32-33-34-35-36-37-38-39-40-41-42-43-44-45-47-48-51-54-57-60-63-66-69-75(78)81-72-73(71-80-74(77)68-65-62-59-56-53-50-27-24-21-18-15-12-9-6-3)82-76(79)70-67-64-61-58-55-52-49-46-29-26-23-20-17-14-11-8-5-2/h7,10,16,19,25-26,28-29,31-32,34-35,37-38,40-41,43-44,47-48,73H,4-6,8-9,11-15,17-18,20-24,27,30,33,36,39,42,45-46,49-72H2,1-3H3/b10-7-,19-16-,28-25-,29-26-,32-31-,35-34-,38-37-,41-40-,44-43-,48-47-. The summed E-state index contributed by atoms with van der Waals surface area (Å²) in [5.74, 6) is -0.898. The molecule has 0 aliphatic rings. The van der Waals surface area contributed by atoms with Crippen LogP contribution in [0.25, 0.3) is 0 Å². The Bertz CT molecular complexity index is 1690. The summed E-state index contributed by atoms with van der Waals surface area (Å²) in [6, 6.07) is 0. The lowest BCUT2D eigenvalue weighted by molar-refractivity contribution is -0.167. The van der Waals surface area contributed by atoms with Crippen LogP contribution in [-0.2, 0) is 28.6 Å². The minimum absolute atomic E-state index is 0.0842. The second-order valence-corrected chi connectivity index (χ2v) is 22.7. The average molecular weight is 1140 g/mol. The number of rotatable bonds is 62. The van der Waals surface area contributed by atoms with Crippen LogP contribution in [0, 0.1) is 0 Å². The monoisotopic (exact) mass is 1140 g/mol. The summed E-state index contributed by atoms with van der Waals surface area (Å²) in [6.45, 7) is 6.53. The highest BCUT2D eigenvalue weighted by molar-refractivity contribution is 5.71. The van der Waals surface area contributed by atoms with E-state index in [-0.39, 0.29) is 31.1 Å². The molecule has 0 aromatic rings. The van der Waals surface area contributed by atoms with Crippen molar-refractivity contribution in [3.63, 3.8) is 0 Å². The highest BCUT2D eigenvalue weighted by Gasteiger charge is 2.19. The Labute approximate surface area is 507 Å². The number of esters is 3. The van der Waals surface area contributed by atoms with E-state index in [4.69, 9.17) is 14.2 Å². The lowest BCUT2D eigenvalue weighted by atomic mass is 10.0. The molecule has 6 heteroatoms. The van der Waals surface area contributed by atoms with Crippen LogP contribution >= 0.6 is 0 Å². The van der Waals surface area contributed by atoms with Crippen molar-refractivity contribution in [2.24, 2.45) is 0 Å². The number of allylic oxidation sites excluding steroid dienone is 20. The van der Waals surface area contributed by atoms with E-state index in [0.717, 1.165) is 135 Å². The third-order valence-electron chi connectivity index (χ3n) is 14.7. The summed E-state index contributed by atoms with van der Waals surface area (Å²) in [5.41, 5.74) is 0. The molecular weight excluding hydrogens is 1010 g/mol. The molecule has 0 aromatic carbocycles. The molecule has 0 aliphatic carbocycles. The number of ether oxygens (including phenoxy) is 3. The maximum Gasteiger partial charge on any atom is 0.306 e. The van der Waals surface area contributed by atoms with Gasteiger partial charge in [0.15, 0.2) is 6.10 Å². The lowest BCUT2D eigenvalue weighted by Gasteiger charge is -2.18. The summed E-state index contributed by atoms with van der Waals surface area (Å²) in [7, 11) is 0. The van der Waals surface area contributed by atoms with Gasteiger partial charge in [-0.05, 0) is 116 Å². The molecule has 0 fully saturated rings. The molecule has 0 spiro atoms. The largest absolute Gasteiger partial charge is 0.462 e. The third-order valence-corrected chi connectivity index (χ3v) is 14.7. The zero-order valence-corrected chi connectivity index (χ0v) is 53.7. The van der Waals surface area contributed by atoms with Gasteiger partial charge in [-0.15, -0.1) is 0 Å². The molecule has 0 N–H and O–H groups in total. The van der Waals surface area contributed by atoms with Gasteiger partial charge in [0.05, 0.1) is 0 Å². The fourth-order valence-electron chi connectivity index (χ4n) is 9.55. The van der Waals surface area contributed by atoms with E-state index in [1.807, 2.05) is 0 Å². The van der Waals surface area contributed by atoms with Crippen molar-refractivity contribution in [1.29, 1.82) is 0 Å². The van der Waals surface area contributed by atoms with E-state index >= 15 is 0 Å². The van der Waals surface area contributed by atoms with Gasteiger partial charge in [-0.1, -0.05) is 309 Å². The van der Waals surface area contributed by atoms with Crippen molar-refractivity contribution < 1.29 is 28.6 Å². The van der Waals surface area contributed by atoms with Crippen LogP contribution in [0.5, 0.6) is 0 Å². The predicted molar refractivity (Wildman–Crippen MR) is 357 cm³/mol. The number of unbranched alkanes of at least 4 members (excludes halogenated alkanes) is 31. The fraction of sp³-hybridized carbons (Fsp3) is 0.697. The van der Waals surface area contributed by atoms with E-state index < -0.39 is 6.10 Å². The summed E-state index contributed by atoms with van der Waals surface area (Å²) >= 11 is 0. The van der Waals surface area contributed by atoms with Crippen LogP contribution < -0.4 is 0 Å². The number of hydrogen-bond acceptors (Lipinski definition) is 6. The number of carbonyl (C=O) groups is 3. The Morgan fingerprint density at radius 2 is 0.476 bits per heavy atom. The topological polar surface area (TPSA) is 78.9 Å². The molecule has 0 saturated carbocycles. The van der Waals surface area contributed by atoms with E-state index in [2.05, 4.69) is 142 Å². The first-order valence-electron chi connectivity index (χ1n) is 34.5. The molecule has 0 radical (unpaired) electrons. The number of carbonyl (C=O) groups excluding carboxylic acids is 3. The van der Waals surface area contributed by atoms with Crippen LogP contribution in [-0.4, -0.2) is 37.2 Å². The van der Waals surface area contributed by atoms with Gasteiger partial charge in [0.1, 0.15) is 13.2 Å². The van der Waals surface area contributed by atoms with Gasteiger partial charge < -0.3 is 14.2 Å². The maximum atomic E-state index is 12.9. The Morgan fingerprint density at radius 1 is 0.256 bits per heavy atom. The minimum Gasteiger partial charge on any atom is -0.462 e. The Balaban J connectivity index is 4.33. The fourth-order valence-corrected chi connectivity index (χ4v) is 9.55. The van der Waals surface area contributed by atoms with Crippen molar-refractivity contribution >= 4 is 17.9 Å². The molecular formula is C76H128O6. The molecule has 82 heavy (non-hydrogen) atoms. The molecule has 0 aromatic heterocycles. The Kier molecular flexibility index (Phi) is 65.8. The van der Waals surface area contributed by atoms with Crippen molar-refractivity contribution in [2.75, 3.05) is 13.2 Å². The van der Waals surface area contributed by atoms with Crippen molar-refractivity contribution in [1.82, 2.24) is 0 Å². The lowest BCUT2D eigenvalue weighted by Crippen LogP contribution is -2.30. The summed E-state index contributed by atoms with van der Waals surface area (Å²) < 4.78 is 16.9. The molecule has 0 amide bonds. The summed E-state index contributed by atoms with van der Waals surface area (Å²) in [4.78, 5) is 38.4. The number of hydrogen-bond donors (Lipinski definition) is 0. The third kappa shape index (κ3) is 66.6. The van der Waals surface area contributed by atoms with Crippen LogP contribution in [0.3, 0.4) is 0 Å². The first-order valence-corrected chi connectivity index (χ1v) is 34.5. The van der Waals surface area contributed by atoms with Crippen LogP contribution in [0.1, 0.15) is 323 Å². The van der Waals surface area contributed by atoms with Gasteiger partial charge in [-0.25, -0.2) is 0 Å². The maximum absolute atomic E-state index is 12.9. The van der Waals surface area contributed by atoms with Crippen molar-refractivity contribution in [3.8, 4) is 0 Å². The molecule has 1 unspecified atom stereocenters. The highest BCUT2D eigenvalue weighted by atomic mass is 16.6. The Morgan fingerprint density at radius 3 is 0.756 bits per heavy atom. The highest BCUT2D eigenvalue weighted by Crippen LogP contribution is 2.16. The second kappa shape index (κ2) is 69.3. The van der Waals surface area contributed by atoms with Gasteiger partial charge in [0.2, 0.25) is 0 Å².